The molecule has 0 unspecified atom stereocenters. The van der Waals surface area contributed by atoms with E-state index in [2.05, 4.69) is 9.47 Å². The van der Waals surface area contributed by atoms with Crippen molar-refractivity contribution in [3.8, 4) is 0 Å². The van der Waals surface area contributed by atoms with Gasteiger partial charge in [-0.2, -0.15) is 0 Å². The van der Waals surface area contributed by atoms with Crippen LogP contribution in [0.15, 0.2) is 12.2 Å². The smallest absolute Gasteiger partial charge is 0.330 e. The number of carbonyl (C=O) groups excluding carboxylic acids is 2. The summed E-state index contributed by atoms with van der Waals surface area (Å²) in [6, 6.07) is 0. The third-order valence-corrected chi connectivity index (χ3v) is 0.758. The molecular formula is C6H11O7P. The van der Waals surface area contributed by atoms with E-state index < -0.39 is 20.2 Å². The Hall–Kier alpha value is -1.17. The SMILES string of the molecule is COC(=O)/C=C\C(=O)OC.O=[PH](O)O. The lowest BCUT2D eigenvalue weighted by Crippen LogP contribution is -1.98. The molecule has 0 saturated heterocycles. The highest BCUT2D eigenvalue weighted by molar-refractivity contribution is 7.30. The molecule has 0 heterocycles. The van der Waals surface area contributed by atoms with E-state index in [4.69, 9.17) is 14.4 Å². The summed E-state index contributed by atoms with van der Waals surface area (Å²) in [6.45, 7) is 0. The van der Waals surface area contributed by atoms with E-state index in [1.165, 1.54) is 14.2 Å². The van der Waals surface area contributed by atoms with Gasteiger partial charge in [-0.1, -0.05) is 0 Å². The lowest BCUT2D eigenvalue weighted by atomic mass is 10.5. The number of hydrogen-bond acceptors (Lipinski definition) is 5. The van der Waals surface area contributed by atoms with E-state index in [1.54, 1.807) is 0 Å². The number of esters is 2. The molecular weight excluding hydrogens is 215 g/mol. The molecule has 0 aliphatic rings. The van der Waals surface area contributed by atoms with Gasteiger partial charge in [-0.05, 0) is 0 Å². The van der Waals surface area contributed by atoms with Crippen LogP contribution in [0.25, 0.3) is 0 Å². The maximum atomic E-state index is 10.3. The lowest BCUT2D eigenvalue weighted by molar-refractivity contribution is -0.137. The fourth-order valence-corrected chi connectivity index (χ4v) is 0.272. The van der Waals surface area contributed by atoms with E-state index in [0.29, 0.717) is 0 Å². The van der Waals surface area contributed by atoms with Crippen molar-refractivity contribution in [3.05, 3.63) is 12.2 Å². The summed E-state index contributed by atoms with van der Waals surface area (Å²) in [6.07, 6.45) is 1.98. The molecule has 82 valence electrons. The Bertz CT molecular complexity index is 212. The van der Waals surface area contributed by atoms with Crippen LogP contribution in [0.4, 0.5) is 0 Å². The summed E-state index contributed by atoms with van der Waals surface area (Å²) in [5, 5.41) is 0. The van der Waals surface area contributed by atoms with Gasteiger partial charge in [0.05, 0.1) is 14.2 Å². The second kappa shape index (κ2) is 9.91. The van der Waals surface area contributed by atoms with E-state index in [1.807, 2.05) is 0 Å². The number of rotatable bonds is 2. The first-order valence-corrected chi connectivity index (χ1v) is 4.50. The van der Waals surface area contributed by atoms with Gasteiger partial charge in [0.25, 0.3) is 0 Å². The van der Waals surface area contributed by atoms with Crippen LogP contribution < -0.4 is 0 Å². The average molecular weight is 226 g/mol. The van der Waals surface area contributed by atoms with Crippen molar-refractivity contribution in [2.45, 2.75) is 0 Å². The quantitative estimate of drug-likeness (QED) is 0.362. The lowest BCUT2D eigenvalue weighted by Gasteiger charge is -1.89. The molecule has 0 saturated carbocycles. The van der Waals surface area contributed by atoms with Gasteiger partial charge >= 0.3 is 20.2 Å². The van der Waals surface area contributed by atoms with Crippen LogP contribution in [0.2, 0.25) is 0 Å². The monoisotopic (exact) mass is 226 g/mol. The van der Waals surface area contributed by atoms with Gasteiger partial charge in [-0.15, -0.1) is 0 Å². The molecule has 0 aliphatic carbocycles. The Balaban J connectivity index is 0. The van der Waals surface area contributed by atoms with Gasteiger partial charge in [-0.3, -0.25) is 4.57 Å². The molecule has 0 aromatic heterocycles. The molecule has 8 heteroatoms. The minimum absolute atomic E-state index is 0.578. The van der Waals surface area contributed by atoms with Gasteiger partial charge in [0, 0.05) is 12.2 Å². The normalized spacial score (nSPS) is 9.21. The van der Waals surface area contributed by atoms with Crippen molar-refractivity contribution < 1.29 is 33.4 Å². The molecule has 0 radical (unpaired) electrons. The molecule has 0 fully saturated rings. The summed E-state index contributed by atoms with van der Waals surface area (Å²) in [5.74, 6) is -1.16. The molecule has 0 bridgehead atoms. The van der Waals surface area contributed by atoms with Crippen molar-refractivity contribution in [1.82, 2.24) is 0 Å². The Labute approximate surface area is 80.9 Å². The largest absolute Gasteiger partial charge is 0.466 e. The highest BCUT2D eigenvalue weighted by atomic mass is 31.1. The highest BCUT2D eigenvalue weighted by Gasteiger charge is 1.94. The number of carbonyl (C=O) groups is 2. The molecule has 0 aromatic carbocycles. The molecule has 0 spiro atoms. The first kappa shape index (κ1) is 15.3. The van der Waals surface area contributed by atoms with Crippen molar-refractivity contribution in [2.75, 3.05) is 14.2 Å². The van der Waals surface area contributed by atoms with Crippen molar-refractivity contribution >= 4 is 20.2 Å². The van der Waals surface area contributed by atoms with E-state index in [0.717, 1.165) is 12.2 Å². The fraction of sp³-hybridized carbons (Fsp3) is 0.333. The minimum Gasteiger partial charge on any atom is -0.466 e. The van der Waals surface area contributed by atoms with E-state index in [9.17, 15) is 9.59 Å². The molecule has 2 N–H and O–H groups in total. The highest BCUT2D eigenvalue weighted by Crippen LogP contribution is 1.98. The summed E-state index contributed by atoms with van der Waals surface area (Å²) < 4.78 is 17.2. The van der Waals surface area contributed by atoms with Crippen LogP contribution in [0.3, 0.4) is 0 Å². The molecule has 0 aliphatic heterocycles. The Morgan fingerprint density at radius 2 is 1.29 bits per heavy atom. The van der Waals surface area contributed by atoms with Crippen LogP contribution in [0, 0.1) is 0 Å². The van der Waals surface area contributed by atoms with Crippen LogP contribution in [0.5, 0.6) is 0 Å². The van der Waals surface area contributed by atoms with Gasteiger partial charge in [0.15, 0.2) is 0 Å². The van der Waals surface area contributed by atoms with Crippen molar-refractivity contribution in [3.63, 3.8) is 0 Å². The summed E-state index contributed by atoms with van der Waals surface area (Å²) in [4.78, 5) is 34.9. The van der Waals surface area contributed by atoms with Crippen LogP contribution in [0.1, 0.15) is 0 Å². The van der Waals surface area contributed by atoms with Crippen molar-refractivity contribution in [1.29, 1.82) is 0 Å². The van der Waals surface area contributed by atoms with Gasteiger partial charge in [-0.25, -0.2) is 9.59 Å². The molecule has 0 amide bonds. The third kappa shape index (κ3) is 17.1. The van der Waals surface area contributed by atoms with Gasteiger partial charge < -0.3 is 19.3 Å². The van der Waals surface area contributed by atoms with E-state index >= 15 is 0 Å². The second-order valence-corrected chi connectivity index (χ2v) is 2.23. The molecule has 14 heavy (non-hydrogen) atoms. The molecule has 0 aromatic rings. The fourth-order valence-electron chi connectivity index (χ4n) is 0.272. The van der Waals surface area contributed by atoms with Crippen LogP contribution >= 0.6 is 8.25 Å². The predicted molar refractivity (Wildman–Crippen MR) is 46.6 cm³/mol. The standard InChI is InChI=1S/C6H8O4.H3O3P/c1-9-5(7)3-4-6(8)10-2;1-4(2)3/h3-4H,1-2H3;4H,(H2,1,2,3)/b4-3-;. The maximum Gasteiger partial charge on any atom is 0.330 e. The Morgan fingerprint density at radius 3 is 1.43 bits per heavy atom. The average Bonchev–Trinajstić information content (AvgIpc) is 2.12. The summed E-state index contributed by atoms with van der Waals surface area (Å²) >= 11 is 0. The van der Waals surface area contributed by atoms with Gasteiger partial charge in [0.1, 0.15) is 0 Å². The van der Waals surface area contributed by atoms with Crippen LogP contribution in [-0.2, 0) is 23.6 Å². The summed E-state index contributed by atoms with van der Waals surface area (Å²) in [7, 11) is -0.677. The zero-order valence-corrected chi connectivity index (χ0v) is 8.59. The van der Waals surface area contributed by atoms with Crippen molar-refractivity contribution in [2.24, 2.45) is 0 Å². The number of methoxy groups -OCH3 is 2. The topological polar surface area (TPSA) is 110 Å². The Morgan fingerprint density at radius 1 is 1.07 bits per heavy atom. The Kier molecular flexibility index (Phi) is 10.8. The van der Waals surface area contributed by atoms with E-state index in [-0.39, 0.29) is 0 Å². The summed E-state index contributed by atoms with van der Waals surface area (Å²) in [5.41, 5.74) is 0. The zero-order chi connectivity index (χ0) is 11.6. The number of hydrogen-bond donors (Lipinski definition) is 2. The number of ether oxygens (including phenoxy) is 2. The molecule has 0 rings (SSSR count). The second-order valence-electron chi connectivity index (χ2n) is 1.66. The van der Waals surface area contributed by atoms with Crippen LogP contribution in [-0.4, -0.2) is 35.9 Å². The third-order valence-electron chi connectivity index (χ3n) is 0.758. The predicted octanol–water partition coefficient (Wildman–Crippen LogP) is -0.751. The maximum absolute atomic E-state index is 10.3. The van der Waals surface area contributed by atoms with Gasteiger partial charge in [0.2, 0.25) is 0 Å². The molecule has 0 atom stereocenters. The first-order valence-electron chi connectivity index (χ1n) is 3.20. The minimum atomic E-state index is -3.13. The molecule has 7 nitrogen and oxygen atoms in total. The first-order chi connectivity index (χ1) is 6.43. The zero-order valence-electron chi connectivity index (χ0n) is 7.59.